The van der Waals surface area contributed by atoms with Crippen molar-refractivity contribution in [2.75, 3.05) is 13.2 Å². The molecular formula is C28H28FN3O3S. The molecule has 1 aliphatic rings. The molecule has 1 amide bonds. The fourth-order valence-electron chi connectivity index (χ4n) is 4.41. The molecule has 0 aliphatic carbocycles. The van der Waals surface area contributed by atoms with E-state index in [9.17, 15) is 9.18 Å². The van der Waals surface area contributed by atoms with Gasteiger partial charge in [0.05, 0.1) is 34.5 Å². The molecule has 0 saturated carbocycles. The van der Waals surface area contributed by atoms with E-state index in [0.29, 0.717) is 42.6 Å². The standard InChI is InChI=1S/C28H28FN3O3S/c1-2-25-24(19-31(18-23-13-7-15-34-23)27(33)26-14-8-16-36-26)28(35-22-12-6-9-20(29)17-22)32(30-25)21-10-4-3-5-11-21/h3-6,8-12,14,16-17,23H,2,7,13,15,18-19H2,1H3/t23-/m0/s1. The van der Waals surface area contributed by atoms with Gasteiger partial charge in [0.25, 0.3) is 5.91 Å². The van der Waals surface area contributed by atoms with Gasteiger partial charge in [-0.05, 0) is 55.0 Å². The number of aromatic nitrogens is 2. The van der Waals surface area contributed by atoms with E-state index in [1.54, 1.807) is 16.8 Å². The van der Waals surface area contributed by atoms with Crippen LogP contribution < -0.4 is 4.74 Å². The number of nitrogens with zero attached hydrogens (tertiary/aromatic N) is 3. The zero-order valence-corrected chi connectivity index (χ0v) is 20.9. The molecule has 0 bridgehead atoms. The number of carbonyl (C=O) groups excluding carboxylic acids is 1. The second-order valence-electron chi connectivity index (χ2n) is 8.69. The van der Waals surface area contributed by atoms with Crippen LogP contribution in [0, 0.1) is 5.82 Å². The maximum absolute atomic E-state index is 14.0. The SMILES string of the molecule is CCc1nn(-c2ccccc2)c(Oc2cccc(F)c2)c1CN(C[C@@H]1CCCO1)C(=O)c1cccs1. The number of halogens is 1. The van der Waals surface area contributed by atoms with Crippen molar-refractivity contribution < 1.29 is 18.7 Å². The third-order valence-corrected chi connectivity index (χ3v) is 7.04. The van der Waals surface area contributed by atoms with Crippen LogP contribution in [0.4, 0.5) is 4.39 Å². The van der Waals surface area contributed by atoms with E-state index in [1.165, 1.54) is 23.5 Å². The molecule has 2 aromatic carbocycles. The highest BCUT2D eigenvalue weighted by Gasteiger charge is 2.28. The summed E-state index contributed by atoms with van der Waals surface area (Å²) in [5, 5.41) is 6.76. The third kappa shape index (κ3) is 5.34. The molecule has 0 unspecified atom stereocenters. The van der Waals surface area contributed by atoms with E-state index < -0.39 is 0 Å². The molecule has 2 aromatic heterocycles. The summed E-state index contributed by atoms with van der Waals surface area (Å²) in [6, 6.07) is 19.4. The smallest absolute Gasteiger partial charge is 0.264 e. The van der Waals surface area contributed by atoms with Gasteiger partial charge >= 0.3 is 0 Å². The van der Waals surface area contributed by atoms with Crippen LogP contribution in [0.3, 0.4) is 0 Å². The lowest BCUT2D eigenvalue weighted by atomic mass is 10.1. The molecule has 3 heterocycles. The van der Waals surface area contributed by atoms with Crippen molar-refractivity contribution in [3.63, 3.8) is 0 Å². The van der Waals surface area contributed by atoms with Gasteiger partial charge in [-0.25, -0.2) is 9.07 Å². The van der Waals surface area contributed by atoms with Crippen molar-refractivity contribution in [1.82, 2.24) is 14.7 Å². The number of rotatable bonds is 9. The monoisotopic (exact) mass is 505 g/mol. The van der Waals surface area contributed by atoms with Crippen molar-refractivity contribution in [3.05, 3.63) is 94.1 Å². The summed E-state index contributed by atoms with van der Waals surface area (Å²) in [5.74, 6) is 0.404. The third-order valence-electron chi connectivity index (χ3n) is 6.18. The minimum atomic E-state index is -0.386. The predicted octanol–water partition coefficient (Wildman–Crippen LogP) is 6.25. The molecule has 6 nitrogen and oxygen atoms in total. The molecule has 8 heteroatoms. The number of aryl methyl sites for hydroxylation is 1. The molecule has 0 spiro atoms. The van der Waals surface area contributed by atoms with Gasteiger partial charge in [0.1, 0.15) is 11.6 Å². The number of amides is 1. The van der Waals surface area contributed by atoms with Gasteiger partial charge in [-0.15, -0.1) is 11.3 Å². The van der Waals surface area contributed by atoms with E-state index in [4.69, 9.17) is 14.6 Å². The molecule has 1 atom stereocenters. The maximum Gasteiger partial charge on any atom is 0.264 e. The van der Waals surface area contributed by atoms with Crippen LogP contribution in [-0.2, 0) is 17.7 Å². The first-order valence-electron chi connectivity index (χ1n) is 12.2. The van der Waals surface area contributed by atoms with E-state index in [2.05, 4.69) is 0 Å². The van der Waals surface area contributed by atoms with Gasteiger partial charge in [0, 0.05) is 19.2 Å². The van der Waals surface area contributed by atoms with Gasteiger partial charge in [0.15, 0.2) is 0 Å². The van der Waals surface area contributed by atoms with Crippen LogP contribution in [0.2, 0.25) is 0 Å². The molecule has 5 rings (SSSR count). The molecule has 1 saturated heterocycles. The summed E-state index contributed by atoms with van der Waals surface area (Å²) in [4.78, 5) is 16.1. The molecule has 186 valence electrons. The van der Waals surface area contributed by atoms with Crippen LogP contribution in [-0.4, -0.2) is 39.8 Å². The van der Waals surface area contributed by atoms with Gasteiger partial charge in [-0.1, -0.05) is 37.3 Å². The number of carbonyl (C=O) groups is 1. The molecule has 4 aromatic rings. The van der Waals surface area contributed by atoms with E-state index in [-0.39, 0.29) is 17.8 Å². The van der Waals surface area contributed by atoms with Crippen LogP contribution in [0.15, 0.2) is 72.1 Å². The lowest BCUT2D eigenvalue weighted by Crippen LogP contribution is -2.36. The highest BCUT2D eigenvalue weighted by Crippen LogP contribution is 2.33. The van der Waals surface area contributed by atoms with Crippen molar-refractivity contribution in [3.8, 4) is 17.3 Å². The molecule has 0 N–H and O–H groups in total. The number of para-hydroxylation sites is 1. The van der Waals surface area contributed by atoms with Gasteiger partial charge < -0.3 is 14.4 Å². The van der Waals surface area contributed by atoms with Gasteiger partial charge in [-0.3, -0.25) is 4.79 Å². The normalized spacial score (nSPS) is 15.2. The second kappa shape index (κ2) is 11.1. The first-order chi connectivity index (χ1) is 17.6. The minimum Gasteiger partial charge on any atom is -0.438 e. The van der Waals surface area contributed by atoms with Gasteiger partial charge in [0.2, 0.25) is 5.88 Å². The fourth-order valence-corrected chi connectivity index (χ4v) is 5.10. The van der Waals surface area contributed by atoms with Crippen LogP contribution in [0.5, 0.6) is 11.6 Å². The summed E-state index contributed by atoms with van der Waals surface area (Å²) in [6.07, 6.45) is 2.56. The number of hydrogen-bond acceptors (Lipinski definition) is 5. The Hall–Kier alpha value is -3.49. The summed E-state index contributed by atoms with van der Waals surface area (Å²) in [7, 11) is 0. The Balaban J connectivity index is 1.57. The highest BCUT2D eigenvalue weighted by molar-refractivity contribution is 7.12. The van der Waals surface area contributed by atoms with Crippen LogP contribution in [0.25, 0.3) is 5.69 Å². The molecule has 36 heavy (non-hydrogen) atoms. The largest absolute Gasteiger partial charge is 0.438 e. The van der Waals surface area contributed by atoms with E-state index in [0.717, 1.165) is 29.8 Å². The Morgan fingerprint density at radius 3 is 2.75 bits per heavy atom. The number of benzene rings is 2. The maximum atomic E-state index is 14.0. The lowest BCUT2D eigenvalue weighted by molar-refractivity contribution is 0.0509. The first-order valence-corrected chi connectivity index (χ1v) is 13.0. The average Bonchev–Trinajstić information content (AvgIpc) is 3.67. The Morgan fingerprint density at radius 1 is 1.19 bits per heavy atom. The van der Waals surface area contributed by atoms with E-state index in [1.807, 2.05) is 59.7 Å². The van der Waals surface area contributed by atoms with Crippen molar-refractivity contribution in [2.24, 2.45) is 0 Å². The summed E-state index contributed by atoms with van der Waals surface area (Å²) < 4.78 is 27.9. The topological polar surface area (TPSA) is 56.6 Å². The average molecular weight is 506 g/mol. The van der Waals surface area contributed by atoms with Crippen LogP contribution in [0.1, 0.15) is 40.7 Å². The fraction of sp³-hybridized carbons (Fsp3) is 0.286. The Labute approximate surface area is 213 Å². The van der Waals surface area contributed by atoms with Crippen LogP contribution >= 0.6 is 11.3 Å². The zero-order chi connectivity index (χ0) is 24.9. The predicted molar refractivity (Wildman–Crippen MR) is 137 cm³/mol. The quantitative estimate of drug-likeness (QED) is 0.270. The number of ether oxygens (including phenoxy) is 2. The van der Waals surface area contributed by atoms with Crippen molar-refractivity contribution in [1.29, 1.82) is 0 Å². The zero-order valence-electron chi connectivity index (χ0n) is 20.1. The van der Waals surface area contributed by atoms with Gasteiger partial charge in [-0.2, -0.15) is 5.10 Å². The Kier molecular flexibility index (Phi) is 7.44. The number of thiophene rings is 1. The Morgan fingerprint density at radius 2 is 2.06 bits per heavy atom. The highest BCUT2D eigenvalue weighted by atomic mass is 32.1. The first kappa shape index (κ1) is 24.2. The second-order valence-corrected chi connectivity index (χ2v) is 9.64. The Bertz CT molecular complexity index is 1300. The summed E-state index contributed by atoms with van der Waals surface area (Å²) in [5.41, 5.74) is 2.44. The lowest BCUT2D eigenvalue weighted by Gasteiger charge is -2.25. The molecule has 1 fully saturated rings. The van der Waals surface area contributed by atoms with Crippen molar-refractivity contribution in [2.45, 2.75) is 38.8 Å². The summed E-state index contributed by atoms with van der Waals surface area (Å²) >= 11 is 1.42. The summed E-state index contributed by atoms with van der Waals surface area (Å²) in [6.45, 7) is 3.53. The minimum absolute atomic E-state index is 0.00394. The van der Waals surface area contributed by atoms with E-state index >= 15 is 0 Å². The molecule has 0 radical (unpaired) electrons. The van der Waals surface area contributed by atoms with Crippen molar-refractivity contribution >= 4 is 17.2 Å². The molecular weight excluding hydrogens is 477 g/mol. The molecule has 1 aliphatic heterocycles. The number of hydrogen-bond donors (Lipinski definition) is 0.